The van der Waals surface area contributed by atoms with Gasteiger partial charge in [0.25, 0.3) is 0 Å². The lowest BCUT2D eigenvalue weighted by Gasteiger charge is -2.45. The topological polar surface area (TPSA) is 471 Å². The Morgan fingerprint density at radius 1 is 0.400 bits per heavy atom. The molecule has 3 aliphatic rings. The van der Waals surface area contributed by atoms with E-state index in [-0.39, 0.29) is 71.8 Å². The summed E-state index contributed by atoms with van der Waals surface area (Å²) in [5, 5.41) is 172. The van der Waals surface area contributed by atoms with Gasteiger partial charge in [-0.25, -0.2) is 0 Å². The normalized spacial score (nSPS) is 30.6. The van der Waals surface area contributed by atoms with E-state index in [1.54, 1.807) is 41.5 Å². The molecule has 0 aromatic carbocycles. The molecule has 0 saturated carbocycles. The highest BCUT2D eigenvalue weighted by Crippen LogP contribution is 2.35. The monoisotopic (exact) mass is 1250 g/mol. The zero-order chi connectivity index (χ0) is 63.2. The number of aliphatic hydroxyl groups is 16. The van der Waals surface area contributed by atoms with Gasteiger partial charge in [0.1, 0.15) is 91.7 Å². The van der Waals surface area contributed by atoms with Crippen LogP contribution >= 0.6 is 0 Å². The van der Waals surface area contributed by atoms with Gasteiger partial charge in [0.05, 0.1) is 125 Å². The quantitative estimate of drug-likeness (QED) is 0.0155. The molecule has 0 aromatic heterocycles. The van der Waals surface area contributed by atoms with Crippen LogP contribution in [0.1, 0.15) is 54.4 Å². The van der Waals surface area contributed by atoms with Crippen LogP contribution in [0.2, 0.25) is 0 Å². The van der Waals surface area contributed by atoms with E-state index in [2.05, 4.69) is 0 Å². The lowest BCUT2D eigenvalue weighted by atomic mass is 9.90. The SMILES string of the molecule is CC(C)O[C@@H]1OC(COCCO)[C@H](OCC[C@H](O[C@@H]2OC(CO)[C@H](O[C@H](O)/C(OCCO)=C(\O)[C@@H](CCOCCO)C(C)C)C(O)C2OCCO)/C(O)=C(\O)[C@@H](O)O[C@H]2C(COCCO)O[C@@H](OC(C)C)C(OCCO)C2O)C(O)C1OCCO. The average Bonchev–Trinajstić information content (AvgIpc) is 2.86. The van der Waals surface area contributed by atoms with Gasteiger partial charge in [0.15, 0.2) is 36.1 Å². The van der Waals surface area contributed by atoms with Crippen molar-refractivity contribution in [2.45, 2.75) is 177 Å². The minimum atomic E-state index is -2.58. The van der Waals surface area contributed by atoms with Gasteiger partial charge in [-0.1, -0.05) is 13.8 Å². The van der Waals surface area contributed by atoms with Crippen LogP contribution in [0, 0.1) is 11.8 Å². The van der Waals surface area contributed by atoms with Gasteiger partial charge in [-0.15, -0.1) is 0 Å². The first-order valence-corrected chi connectivity index (χ1v) is 28.6. The Hall–Kier alpha value is -2.44. The highest BCUT2D eigenvalue weighted by atomic mass is 16.8. The summed E-state index contributed by atoms with van der Waals surface area (Å²) < 4.78 is 93.3. The molecule has 3 heterocycles. The maximum atomic E-state index is 12.1. The van der Waals surface area contributed by atoms with E-state index in [1.807, 2.05) is 0 Å². The summed E-state index contributed by atoms with van der Waals surface area (Å²) in [6.45, 7) is 2.79. The Labute approximate surface area is 494 Å². The summed E-state index contributed by atoms with van der Waals surface area (Å²) in [6.07, 6.45) is -31.7. The fraction of sp³-hybridized carbons (Fsp3) is 0.925. The summed E-state index contributed by atoms with van der Waals surface area (Å²) in [5.41, 5.74) is 0. The zero-order valence-corrected chi connectivity index (χ0v) is 49.2. The molecule has 85 heavy (non-hydrogen) atoms. The fourth-order valence-electron chi connectivity index (χ4n) is 9.36. The zero-order valence-electron chi connectivity index (χ0n) is 49.2. The summed E-state index contributed by atoms with van der Waals surface area (Å²) in [7, 11) is 0. The first-order chi connectivity index (χ1) is 40.7. The van der Waals surface area contributed by atoms with Crippen LogP contribution in [-0.4, -0.2) is 330 Å². The third-order valence-electron chi connectivity index (χ3n) is 13.2. The largest absolute Gasteiger partial charge is 0.508 e. The number of rotatable bonds is 45. The van der Waals surface area contributed by atoms with Crippen LogP contribution in [0.25, 0.3) is 0 Å². The van der Waals surface area contributed by atoms with Crippen molar-refractivity contribution >= 4 is 0 Å². The number of hydrogen-bond acceptors (Lipinski definition) is 32. The maximum absolute atomic E-state index is 12.1. The van der Waals surface area contributed by atoms with Crippen molar-refractivity contribution in [2.24, 2.45) is 11.8 Å². The van der Waals surface area contributed by atoms with E-state index < -0.39 is 224 Å². The maximum Gasteiger partial charge on any atom is 0.218 e. The summed E-state index contributed by atoms with van der Waals surface area (Å²) in [5.74, 6) is -4.79. The number of ether oxygens (including phenoxy) is 16. The fourth-order valence-corrected chi connectivity index (χ4v) is 9.36. The van der Waals surface area contributed by atoms with Crippen LogP contribution < -0.4 is 0 Å². The van der Waals surface area contributed by atoms with Gasteiger partial charge in [0, 0.05) is 18.9 Å². The lowest BCUT2D eigenvalue weighted by molar-refractivity contribution is -0.339. The Kier molecular flexibility index (Phi) is 37.8. The molecule has 3 aliphatic heterocycles. The average molecular weight is 1250 g/mol. The molecule has 3 rings (SSSR count). The van der Waals surface area contributed by atoms with E-state index in [4.69, 9.17) is 75.8 Å². The van der Waals surface area contributed by atoms with Crippen molar-refractivity contribution in [1.82, 2.24) is 0 Å². The van der Waals surface area contributed by atoms with Crippen molar-refractivity contribution in [3.8, 4) is 0 Å². The Morgan fingerprint density at radius 2 is 0.812 bits per heavy atom. The van der Waals surface area contributed by atoms with Crippen LogP contribution in [0.15, 0.2) is 23.0 Å². The Balaban J connectivity index is 2.16. The molecule has 19 atom stereocenters. The van der Waals surface area contributed by atoms with E-state index in [0.717, 1.165) is 0 Å². The molecular weight excluding hydrogens is 1150 g/mol. The third kappa shape index (κ3) is 24.4. The van der Waals surface area contributed by atoms with Crippen molar-refractivity contribution in [1.29, 1.82) is 0 Å². The smallest absolute Gasteiger partial charge is 0.218 e. The van der Waals surface area contributed by atoms with Crippen LogP contribution in [0.5, 0.6) is 0 Å². The van der Waals surface area contributed by atoms with E-state index in [0.29, 0.717) is 0 Å². The van der Waals surface area contributed by atoms with Crippen molar-refractivity contribution in [2.75, 3.05) is 126 Å². The molecule has 32 nitrogen and oxygen atoms in total. The van der Waals surface area contributed by atoms with E-state index >= 15 is 0 Å². The Morgan fingerprint density at radius 3 is 1.27 bits per heavy atom. The van der Waals surface area contributed by atoms with Gasteiger partial charge in [-0.3, -0.25) is 0 Å². The van der Waals surface area contributed by atoms with Crippen LogP contribution in [-0.2, 0) is 75.8 Å². The molecule has 0 aliphatic carbocycles. The molecule has 0 bridgehead atoms. The second kappa shape index (κ2) is 41.8. The molecule has 502 valence electrons. The molecule has 0 radical (unpaired) electrons. The summed E-state index contributed by atoms with van der Waals surface area (Å²) >= 11 is 0. The Bertz CT molecular complexity index is 1800. The standard InChI is InChI=1S/C53H98O32/c1-28(2)31(7-16-70-18-9-54)36(62)45(74-21-12-57)50(69)85-43-33(25-61)81-53(48(40(43)66)77-24-15-60)80-32(8-17-73-42-34(26-71-19-10-55)82-51(78-29(3)4)46(39(42)65)75-22-13-58)37(63)38(64)49(68)84-44-35(27-72-20-11-56)83-52(79-30(5)6)47(41(44)67)76-23-14-59/h28-35,39-44,46-69H,7-27H2,1-6H3/b38-37+,45-36+/t31-,32-,33?,34?,35?,39?,40?,41?,42-,43-,44-,46?,47?,48?,49-,50-,51+,52+,53+/m0/s1. The van der Waals surface area contributed by atoms with Gasteiger partial charge in [-0.05, 0) is 40.0 Å². The first-order valence-electron chi connectivity index (χ1n) is 28.6. The number of allylic oxidation sites excluding steroid dienone is 1. The highest BCUT2D eigenvalue weighted by molar-refractivity contribution is 5.10. The summed E-state index contributed by atoms with van der Waals surface area (Å²) in [6, 6.07) is 0. The second-order valence-corrected chi connectivity index (χ2v) is 20.6. The molecule has 9 unspecified atom stereocenters. The minimum Gasteiger partial charge on any atom is -0.508 e. The molecule has 32 heteroatoms. The lowest BCUT2D eigenvalue weighted by Crippen LogP contribution is -2.62. The molecule has 0 amide bonds. The molecular formula is C53H98O32. The van der Waals surface area contributed by atoms with Gasteiger partial charge >= 0.3 is 0 Å². The predicted octanol–water partition coefficient (Wildman–Crippen LogP) is -4.42. The molecule has 16 N–H and O–H groups in total. The third-order valence-corrected chi connectivity index (χ3v) is 13.2. The molecule has 3 fully saturated rings. The highest BCUT2D eigenvalue weighted by Gasteiger charge is 2.52. The molecule has 0 aromatic rings. The minimum absolute atomic E-state index is 0.00887. The van der Waals surface area contributed by atoms with Crippen LogP contribution in [0.4, 0.5) is 0 Å². The van der Waals surface area contributed by atoms with Crippen LogP contribution in [0.3, 0.4) is 0 Å². The van der Waals surface area contributed by atoms with Crippen molar-refractivity contribution in [3.05, 3.63) is 23.0 Å². The van der Waals surface area contributed by atoms with E-state index in [1.165, 1.54) is 0 Å². The number of aliphatic hydroxyl groups excluding tert-OH is 16. The predicted molar refractivity (Wildman–Crippen MR) is 287 cm³/mol. The van der Waals surface area contributed by atoms with Crippen molar-refractivity contribution < 1.29 is 157 Å². The van der Waals surface area contributed by atoms with Gasteiger partial charge in [-0.2, -0.15) is 0 Å². The van der Waals surface area contributed by atoms with Crippen molar-refractivity contribution in [3.63, 3.8) is 0 Å². The molecule has 3 saturated heterocycles. The summed E-state index contributed by atoms with van der Waals surface area (Å²) in [4.78, 5) is 0. The first kappa shape index (κ1) is 76.8. The van der Waals surface area contributed by atoms with Gasteiger partial charge < -0.3 is 157 Å². The number of hydrogen-bond donors (Lipinski definition) is 16. The molecule has 0 spiro atoms. The van der Waals surface area contributed by atoms with Gasteiger partial charge in [0.2, 0.25) is 12.6 Å². The second-order valence-electron chi connectivity index (χ2n) is 20.6. The van der Waals surface area contributed by atoms with E-state index in [9.17, 15) is 81.7 Å².